The SMILES string of the molecule is Cc1cc(C)c(I(OS(=O)(=O)C(F)(F)F)c2ccccc2F)c(C)c1. The molecule has 138 valence electrons. The van der Waals surface area contributed by atoms with Crippen molar-refractivity contribution in [3.05, 3.63) is 66.0 Å². The first-order valence-electron chi connectivity index (χ1n) is 6.97. The summed E-state index contributed by atoms with van der Waals surface area (Å²) in [5.41, 5.74) is -3.56. The quantitative estimate of drug-likeness (QED) is 0.341. The summed E-state index contributed by atoms with van der Waals surface area (Å²) in [4.78, 5) is 0. The fraction of sp³-hybridized carbons (Fsp3) is 0.250. The number of hydrogen-bond donors (Lipinski definition) is 0. The van der Waals surface area contributed by atoms with E-state index in [1.807, 2.05) is 0 Å². The molecule has 0 N–H and O–H groups in total. The van der Waals surface area contributed by atoms with Crippen molar-refractivity contribution in [3.63, 3.8) is 0 Å². The second-order valence-corrected chi connectivity index (χ2v) is 11.6. The van der Waals surface area contributed by atoms with Crippen LogP contribution in [0.15, 0.2) is 36.4 Å². The van der Waals surface area contributed by atoms with Gasteiger partial charge in [-0.25, -0.2) is 0 Å². The molecule has 0 bridgehead atoms. The van der Waals surface area contributed by atoms with Crippen LogP contribution >= 0.6 is 20.2 Å². The van der Waals surface area contributed by atoms with Crippen LogP contribution in [-0.4, -0.2) is 13.9 Å². The fourth-order valence-corrected chi connectivity index (χ4v) is 9.44. The monoisotopic (exact) mass is 490 g/mol. The zero-order chi connectivity index (χ0) is 19.0. The molecule has 0 fully saturated rings. The molecule has 0 saturated carbocycles. The summed E-state index contributed by atoms with van der Waals surface area (Å²) >= 11 is -3.72. The third kappa shape index (κ3) is 4.32. The molecule has 0 unspecified atom stereocenters. The molecule has 0 radical (unpaired) electrons. The summed E-state index contributed by atoms with van der Waals surface area (Å²) in [5.74, 6) is -0.788. The number of hydrogen-bond acceptors (Lipinski definition) is 3. The van der Waals surface area contributed by atoms with Crippen molar-refractivity contribution in [1.29, 1.82) is 0 Å². The van der Waals surface area contributed by atoms with Gasteiger partial charge in [0.05, 0.1) is 0 Å². The van der Waals surface area contributed by atoms with Crippen molar-refractivity contribution in [3.8, 4) is 0 Å². The van der Waals surface area contributed by atoms with Crippen molar-refractivity contribution in [2.45, 2.75) is 26.3 Å². The van der Waals surface area contributed by atoms with Gasteiger partial charge >= 0.3 is 151 Å². The standard InChI is InChI=1S/C16H15F4IO3S/c1-10-8-11(2)15(12(3)9-10)21(14-7-5-4-6-13(14)17)24-25(22,23)16(18,19)20/h4-9H,1-3H3. The average Bonchev–Trinajstić information content (AvgIpc) is 2.44. The zero-order valence-electron chi connectivity index (χ0n) is 13.5. The van der Waals surface area contributed by atoms with Crippen LogP contribution in [0.5, 0.6) is 0 Å². The number of benzene rings is 2. The van der Waals surface area contributed by atoms with E-state index in [-0.39, 0.29) is 3.57 Å². The number of halogens is 5. The Bertz CT molecular complexity index is 871. The Kier molecular flexibility index (Phi) is 5.79. The summed E-state index contributed by atoms with van der Waals surface area (Å²) in [7, 11) is -5.85. The van der Waals surface area contributed by atoms with Gasteiger partial charge in [0.2, 0.25) is 0 Å². The molecule has 25 heavy (non-hydrogen) atoms. The van der Waals surface area contributed by atoms with Crippen molar-refractivity contribution < 1.29 is 28.5 Å². The number of aryl methyl sites for hydroxylation is 3. The van der Waals surface area contributed by atoms with Crippen molar-refractivity contribution in [1.82, 2.24) is 0 Å². The Labute approximate surface area is 151 Å². The molecule has 3 nitrogen and oxygen atoms in total. The number of rotatable bonds is 4. The first-order chi connectivity index (χ1) is 11.4. The number of alkyl halides is 3. The third-order valence-corrected chi connectivity index (χ3v) is 11.2. The summed E-state index contributed by atoms with van der Waals surface area (Å²) in [5, 5.41) is 0. The van der Waals surface area contributed by atoms with E-state index >= 15 is 0 Å². The van der Waals surface area contributed by atoms with Gasteiger partial charge in [-0.05, 0) is 0 Å². The van der Waals surface area contributed by atoms with Crippen molar-refractivity contribution in [2.24, 2.45) is 0 Å². The second-order valence-electron chi connectivity index (χ2n) is 5.34. The molecule has 0 heterocycles. The molecule has 0 aromatic heterocycles. The Hall–Kier alpha value is -1.20. The van der Waals surface area contributed by atoms with Gasteiger partial charge in [-0.2, -0.15) is 0 Å². The fourth-order valence-electron chi connectivity index (χ4n) is 2.30. The van der Waals surface area contributed by atoms with Crippen LogP contribution in [0.3, 0.4) is 0 Å². The van der Waals surface area contributed by atoms with E-state index in [4.69, 9.17) is 0 Å². The van der Waals surface area contributed by atoms with Gasteiger partial charge < -0.3 is 0 Å². The maximum absolute atomic E-state index is 14.2. The molecule has 2 aromatic rings. The summed E-state index contributed by atoms with van der Waals surface area (Å²) in [6, 6.07) is 8.56. The van der Waals surface area contributed by atoms with Crippen LogP contribution < -0.4 is 0 Å². The first kappa shape index (κ1) is 20.1. The van der Waals surface area contributed by atoms with Crippen LogP contribution in [-0.2, 0) is 12.6 Å². The Morgan fingerprint density at radius 3 is 2.00 bits per heavy atom. The minimum absolute atomic E-state index is 0.130. The molecule has 2 rings (SSSR count). The van der Waals surface area contributed by atoms with Crippen LogP contribution in [0.2, 0.25) is 0 Å². The zero-order valence-corrected chi connectivity index (χ0v) is 16.5. The molecule has 0 aliphatic heterocycles. The molecule has 0 saturated heterocycles. The normalized spacial score (nSPS) is 13.0. The molecule has 0 aliphatic carbocycles. The van der Waals surface area contributed by atoms with Gasteiger partial charge in [0, 0.05) is 0 Å². The average molecular weight is 490 g/mol. The van der Waals surface area contributed by atoms with E-state index in [0.717, 1.165) is 11.6 Å². The van der Waals surface area contributed by atoms with Gasteiger partial charge in [0.15, 0.2) is 0 Å². The van der Waals surface area contributed by atoms with Gasteiger partial charge in [0.25, 0.3) is 0 Å². The molecule has 0 amide bonds. The van der Waals surface area contributed by atoms with Crippen LogP contribution in [0.25, 0.3) is 0 Å². The molecule has 2 aromatic carbocycles. The van der Waals surface area contributed by atoms with E-state index in [1.54, 1.807) is 32.9 Å². The summed E-state index contributed by atoms with van der Waals surface area (Å²) in [6.45, 7) is 5.09. The van der Waals surface area contributed by atoms with Crippen molar-refractivity contribution in [2.75, 3.05) is 0 Å². The Morgan fingerprint density at radius 1 is 1.00 bits per heavy atom. The predicted molar refractivity (Wildman–Crippen MR) is 94.5 cm³/mol. The van der Waals surface area contributed by atoms with Crippen LogP contribution in [0.1, 0.15) is 16.7 Å². The van der Waals surface area contributed by atoms with E-state index in [9.17, 15) is 26.0 Å². The Balaban J connectivity index is 2.69. The van der Waals surface area contributed by atoms with E-state index in [2.05, 4.69) is 2.51 Å². The van der Waals surface area contributed by atoms with Crippen LogP contribution in [0.4, 0.5) is 17.6 Å². The van der Waals surface area contributed by atoms with Gasteiger partial charge in [-0.15, -0.1) is 0 Å². The predicted octanol–water partition coefficient (Wildman–Crippen LogP) is 5.08. The van der Waals surface area contributed by atoms with E-state index < -0.39 is 41.7 Å². The Morgan fingerprint density at radius 2 is 1.52 bits per heavy atom. The summed E-state index contributed by atoms with van der Waals surface area (Å²) in [6.07, 6.45) is 0. The molecular formula is C16H15F4IO3S. The van der Waals surface area contributed by atoms with Gasteiger partial charge in [-0.3, -0.25) is 0 Å². The van der Waals surface area contributed by atoms with E-state index in [1.165, 1.54) is 18.2 Å². The van der Waals surface area contributed by atoms with E-state index in [0.29, 0.717) is 14.7 Å². The summed E-state index contributed by atoms with van der Waals surface area (Å²) < 4.78 is 80.6. The van der Waals surface area contributed by atoms with Crippen molar-refractivity contribution >= 4 is 30.4 Å². The second kappa shape index (κ2) is 7.20. The van der Waals surface area contributed by atoms with Crippen LogP contribution in [0, 0.1) is 33.7 Å². The topological polar surface area (TPSA) is 43.4 Å². The molecule has 9 heteroatoms. The van der Waals surface area contributed by atoms with Gasteiger partial charge in [-0.1, -0.05) is 0 Å². The molecule has 0 atom stereocenters. The van der Waals surface area contributed by atoms with Gasteiger partial charge in [0.1, 0.15) is 0 Å². The molecule has 0 aliphatic rings. The minimum atomic E-state index is -5.85. The molecular weight excluding hydrogens is 475 g/mol. The first-order valence-corrected chi connectivity index (χ1v) is 11.4. The third-order valence-electron chi connectivity index (χ3n) is 3.19. The maximum atomic E-state index is 14.2. The molecule has 0 spiro atoms.